The third-order valence-corrected chi connectivity index (χ3v) is 3.96. The number of amides is 1. The SMILES string of the molecule is O=C(Nc1cccc2nonc12)c1ccoc1COc1ccc(Cl)cc1. The van der Waals surface area contributed by atoms with Gasteiger partial charge in [-0.2, -0.15) is 0 Å². The molecule has 4 rings (SSSR count). The van der Waals surface area contributed by atoms with Crippen molar-refractivity contribution in [2.75, 3.05) is 5.32 Å². The van der Waals surface area contributed by atoms with Gasteiger partial charge in [0.1, 0.15) is 17.9 Å². The molecule has 1 N–H and O–H groups in total. The number of nitrogens with one attached hydrogen (secondary N) is 1. The Labute approximate surface area is 152 Å². The van der Waals surface area contributed by atoms with Gasteiger partial charge in [0.15, 0.2) is 11.3 Å². The molecule has 0 unspecified atom stereocenters. The van der Waals surface area contributed by atoms with E-state index in [1.165, 1.54) is 6.26 Å². The number of anilines is 1. The zero-order valence-corrected chi connectivity index (χ0v) is 14.1. The Morgan fingerprint density at radius 2 is 1.96 bits per heavy atom. The highest BCUT2D eigenvalue weighted by Crippen LogP contribution is 2.22. The zero-order valence-electron chi connectivity index (χ0n) is 13.3. The molecule has 0 aliphatic rings. The highest BCUT2D eigenvalue weighted by molar-refractivity contribution is 6.30. The fourth-order valence-corrected chi connectivity index (χ4v) is 2.56. The van der Waals surface area contributed by atoms with Crippen LogP contribution < -0.4 is 10.1 Å². The number of rotatable bonds is 5. The van der Waals surface area contributed by atoms with Crippen LogP contribution in [-0.2, 0) is 6.61 Å². The van der Waals surface area contributed by atoms with Crippen molar-refractivity contribution < 1.29 is 18.6 Å². The van der Waals surface area contributed by atoms with Gasteiger partial charge in [0, 0.05) is 5.02 Å². The molecule has 8 heteroatoms. The molecule has 4 aromatic rings. The molecule has 0 fully saturated rings. The Kier molecular flexibility index (Phi) is 4.28. The number of nitrogens with zero attached hydrogens (tertiary/aromatic N) is 2. The molecule has 2 aromatic heterocycles. The Balaban J connectivity index is 1.50. The molecular weight excluding hydrogens is 358 g/mol. The van der Waals surface area contributed by atoms with Crippen LogP contribution in [0.4, 0.5) is 5.69 Å². The minimum Gasteiger partial charge on any atom is -0.486 e. The fraction of sp³-hybridized carbons (Fsp3) is 0.0556. The first kappa shape index (κ1) is 16.2. The summed E-state index contributed by atoms with van der Waals surface area (Å²) in [6, 6.07) is 13.7. The quantitative estimate of drug-likeness (QED) is 0.564. The molecule has 0 bridgehead atoms. The zero-order chi connectivity index (χ0) is 17.9. The molecule has 0 saturated carbocycles. The average molecular weight is 370 g/mol. The Morgan fingerprint density at radius 1 is 1.12 bits per heavy atom. The molecule has 2 aromatic carbocycles. The van der Waals surface area contributed by atoms with E-state index in [0.717, 1.165) is 0 Å². The predicted molar refractivity (Wildman–Crippen MR) is 94.2 cm³/mol. The summed E-state index contributed by atoms with van der Waals surface area (Å²) < 4.78 is 15.7. The molecule has 7 nitrogen and oxygen atoms in total. The van der Waals surface area contributed by atoms with E-state index >= 15 is 0 Å². The lowest BCUT2D eigenvalue weighted by Gasteiger charge is -2.07. The lowest BCUT2D eigenvalue weighted by Crippen LogP contribution is -2.14. The molecule has 0 aliphatic carbocycles. The van der Waals surface area contributed by atoms with Crippen LogP contribution in [0.1, 0.15) is 16.1 Å². The standard InChI is InChI=1S/C18H12ClN3O4/c19-11-4-6-12(7-5-11)25-10-16-13(8-9-24-16)18(23)20-14-2-1-3-15-17(14)22-26-21-15/h1-9H,10H2,(H,20,23). The summed E-state index contributed by atoms with van der Waals surface area (Å²) in [5.74, 6) is 0.683. The number of furan rings is 1. The summed E-state index contributed by atoms with van der Waals surface area (Å²) in [6.45, 7) is 0.104. The first-order valence-electron chi connectivity index (χ1n) is 7.68. The van der Waals surface area contributed by atoms with E-state index in [-0.39, 0.29) is 12.5 Å². The summed E-state index contributed by atoms with van der Waals surface area (Å²) >= 11 is 5.85. The smallest absolute Gasteiger partial charge is 0.259 e. The Morgan fingerprint density at radius 3 is 2.81 bits per heavy atom. The van der Waals surface area contributed by atoms with Gasteiger partial charge < -0.3 is 14.5 Å². The van der Waals surface area contributed by atoms with Crippen LogP contribution >= 0.6 is 11.6 Å². The fourth-order valence-electron chi connectivity index (χ4n) is 2.43. The molecule has 2 heterocycles. The second-order valence-corrected chi connectivity index (χ2v) is 5.83. The number of fused-ring (bicyclic) bond motifs is 1. The maximum Gasteiger partial charge on any atom is 0.259 e. The van der Waals surface area contributed by atoms with E-state index in [9.17, 15) is 4.79 Å². The number of aromatic nitrogens is 2. The maximum atomic E-state index is 12.6. The minimum atomic E-state index is -0.344. The van der Waals surface area contributed by atoms with Gasteiger partial charge in [-0.1, -0.05) is 17.7 Å². The van der Waals surface area contributed by atoms with Crippen LogP contribution in [0.3, 0.4) is 0 Å². The molecular formula is C18H12ClN3O4. The van der Waals surface area contributed by atoms with E-state index in [4.69, 9.17) is 25.4 Å². The van der Waals surface area contributed by atoms with E-state index in [2.05, 4.69) is 15.6 Å². The summed E-state index contributed by atoms with van der Waals surface area (Å²) in [6.07, 6.45) is 1.44. The highest BCUT2D eigenvalue weighted by Gasteiger charge is 2.17. The molecule has 0 atom stereocenters. The third-order valence-electron chi connectivity index (χ3n) is 3.71. The van der Waals surface area contributed by atoms with Crippen LogP contribution in [0.25, 0.3) is 11.0 Å². The van der Waals surface area contributed by atoms with Crippen molar-refractivity contribution in [2.45, 2.75) is 6.61 Å². The number of hydrogen-bond acceptors (Lipinski definition) is 6. The second-order valence-electron chi connectivity index (χ2n) is 5.39. The topological polar surface area (TPSA) is 90.4 Å². The van der Waals surface area contributed by atoms with Crippen LogP contribution in [-0.4, -0.2) is 16.2 Å². The van der Waals surface area contributed by atoms with Crippen molar-refractivity contribution in [3.05, 3.63) is 71.1 Å². The lowest BCUT2D eigenvalue weighted by molar-refractivity contribution is 0.102. The molecule has 130 valence electrons. The van der Waals surface area contributed by atoms with Crippen molar-refractivity contribution in [1.29, 1.82) is 0 Å². The van der Waals surface area contributed by atoms with E-state index in [0.29, 0.717) is 38.8 Å². The molecule has 26 heavy (non-hydrogen) atoms. The maximum absolute atomic E-state index is 12.6. The Hall–Kier alpha value is -3.32. The molecule has 0 aliphatic heterocycles. The van der Waals surface area contributed by atoms with Gasteiger partial charge in [-0.3, -0.25) is 4.79 Å². The first-order valence-corrected chi connectivity index (χ1v) is 8.06. The summed E-state index contributed by atoms with van der Waals surface area (Å²) in [7, 11) is 0. The van der Waals surface area contributed by atoms with Crippen molar-refractivity contribution in [2.24, 2.45) is 0 Å². The number of carbonyl (C=O) groups excluding carboxylic acids is 1. The van der Waals surface area contributed by atoms with Crippen molar-refractivity contribution in [3.63, 3.8) is 0 Å². The van der Waals surface area contributed by atoms with Crippen molar-refractivity contribution in [3.8, 4) is 5.75 Å². The van der Waals surface area contributed by atoms with E-state index in [1.54, 1.807) is 48.5 Å². The van der Waals surface area contributed by atoms with Gasteiger partial charge >= 0.3 is 0 Å². The normalized spacial score (nSPS) is 10.8. The van der Waals surface area contributed by atoms with Crippen LogP contribution in [0, 0.1) is 0 Å². The highest BCUT2D eigenvalue weighted by atomic mass is 35.5. The lowest BCUT2D eigenvalue weighted by atomic mass is 10.2. The van der Waals surface area contributed by atoms with Crippen LogP contribution in [0.5, 0.6) is 5.75 Å². The predicted octanol–water partition coefficient (Wildman–Crippen LogP) is 4.30. The third kappa shape index (κ3) is 3.25. The van der Waals surface area contributed by atoms with Crippen molar-refractivity contribution >= 4 is 34.2 Å². The summed E-state index contributed by atoms with van der Waals surface area (Å²) in [5, 5.41) is 11.0. The number of carbonyl (C=O) groups is 1. The summed E-state index contributed by atoms with van der Waals surface area (Å²) in [5.41, 5.74) is 1.90. The molecule has 0 spiro atoms. The number of halogens is 1. The van der Waals surface area contributed by atoms with Gasteiger partial charge in [0.2, 0.25) is 0 Å². The number of benzene rings is 2. The summed E-state index contributed by atoms with van der Waals surface area (Å²) in [4.78, 5) is 12.6. The largest absolute Gasteiger partial charge is 0.486 e. The second kappa shape index (κ2) is 6.89. The van der Waals surface area contributed by atoms with Gasteiger partial charge in [0.25, 0.3) is 5.91 Å². The molecule has 0 radical (unpaired) electrons. The van der Waals surface area contributed by atoms with Gasteiger partial charge in [-0.25, -0.2) is 4.63 Å². The van der Waals surface area contributed by atoms with Gasteiger partial charge in [-0.15, -0.1) is 0 Å². The van der Waals surface area contributed by atoms with Crippen molar-refractivity contribution in [1.82, 2.24) is 10.3 Å². The minimum absolute atomic E-state index is 0.104. The van der Waals surface area contributed by atoms with Crippen LogP contribution in [0.15, 0.2) is 63.8 Å². The monoisotopic (exact) mass is 369 g/mol. The van der Waals surface area contributed by atoms with Crippen LogP contribution in [0.2, 0.25) is 5.02 Å². The first-order chi connectivity index (χ1) is 12.7. The number of ether oxygens (including phenoxy) is 1. The van der Waals surface area contributed by atoms with E-state index in [1.807, 2.05) is 0 Å². The molecule has 0 saturated heterocycles. The van der Waals surface area contributed by atoms with Gasteiger partial charge in [0.05, 0.1) is 17.5 Å². The van der Waals surface area contributed by atoms with E-state index < -0.39 is 0 Å². The van der Waals surface area contributed by atoms with Gasteiger partial charge in [-0.05, 0) is 52.8 Å². The average Bonchev–Trinajstić information content (AvgIpc) is 3.31. The Bertz CT molecular complexity index is 1060. The molecule has 1 amide bonds. The number of hydrogen-bond donors (Lipinski definition) is 1.